The van der Waals surface area contributed by atoms with E-state index in [1.165, 1.54) is 17.3 Å². The molecule has 0 fully saturated rings. The van der Waals surface area contributed by atoms with Crippen molar-refractivity contribution < 1.29 is 14.2 Å². The van der Waals surface area contributed by atoms with E-state index >= 15 is 0 Å². The summed E-state index contributed by atoms with van der Waals surface area (Å²) in [6.45, 7) is 0.864. The lowest BCUT2D eigenvalue weighted by atomic mass is 10.2. The molecule has 0 saturated heterocycles. The van der Waals surface area contributed by atoms with Crippen molar-refractivity contribution in [2.45, 2.75) is 0 Å². The maximum atomic E-state index is 5.67. The number of benzene rings is 2. The molecule has 0 aliphatic heterocycles. The normalized spacial score (nSPS) is 10.8. The zero-order chi connectivity index (χ0) is 17.3. The second kappa shape index (κ2) is 8.49. The monoisotopic (exact) mass is 338 g/mol. The standard InChI is InChI=1S/C18H18N4O3/c1-23-17-4-2-3-5-18(17)25-11-10-24-16-8-6-15(7-9-16)12-21-22-13-19-20-14-22/h2-9,12-14H,10-11H2,1H3/b21-12+. The van der Waals surface area contributed by atoms with E-state index in [1.54, 1.807) is 13.3 Å². The Bertz CT molecular complexity index is 801. The summed E-state index contributed by atoms with van der Waals surface area (Å²) in [5.74, 6) is 2.18. The van der Waals surface area contributed by atoms with Crippen molar-refractivity contribution in [3.8, 4) is 17.2 Å². The molecule has 3 aromatic rings. The number of hydrogen-bond acceptors (Lipinski definition) is 6. The minimum absolute atomic E-state index is 0.428. The molecule has 25 heavy (non-hydrogen) atoms. The van der Waals surface area contributed by atoms with Gasteiger partial charge in [0.2, 0.25) is 0 Å². The van der Waals surface area contributed by atoms with Crippen LogP contribution in [0.5, 0.6) is 17.2 Å². The van der Waals surface area contributed by atoms with Crippen molar-refractivity contribution in [3.05, 3.63) is 66.7 Å². The van der Waals surface area contributed by atoms with Gasteiger partial charge < -0.3 is 14.2 Å². The molecule has 0 aliphatic rings. The molecular formula is C18H18N4O3. The Labute approximate surface area is 145 Å². The lowest BCUT2D eigenvalue weighted by Gasteiger charge is -2.11. The topological polar surface area (TPSA) is 70.8 Å². The Balaban J connectivity index is 1.46. The van der Waals surface area contributed by atoms with Gasteiger partial charge in [-0.25, -0.2) is 4.68 Å². The summed E-state index contributed by atoms with van der Waals surface area (Å²) in [5, 5.41) is 11.6. The molecule has 0 atom stereocenters. The highest BCUT2D eigenvalue weighted by atomic mass is 16.5. The van der Waals surface area contributed by atoms with Gasteiger partial charge in [0.1, 0.15) is 31.6 Å². The van der Waals surface area contributed by atoms with Crippen LogP contribution in [0.4, 0.5) is 0 Å². The molecule has 0 amide bonds. The van der Waals surface area contributed by atoms with Gasteiger partial charge in [-0.3, -0.25) is 0 Å². The van der Waals surface area contributed by atoms with Crippen molar-refractivity contribution >= 4 is 6.21 Å². The third kappa shape index (κ3) is 4.81. The van der Waals surface area contributed by atoms with E-state index in [2.05, 4.69) is 15.3 Å². The van der Waals surface area contributed by atoms with Crippen LogP contribution < -0.4 is 14.2 Å². The zero-order valence-corrected chi connectivity index (χ0v) is 13.8. The molecule has 7 nitrogen and oxygen atoms in total. The minimum Gasteiger partial charge on any atom is -0.493 e. The number of ether oxygens (including phenoxy) is 3. The number of para-hydroxylation sites is 2. The summed E-state index contributed by atoms with van der Waals surface area (Å²) in [5.41, 5.74) is 0.950. The quantitative estimate of drug-likeness (QED) is 0.466. The maximum Gasteiger partial charge on any atom is 0.161 e. The molecule has 0 aliphatic carbocycles. The third-order valence-corrected chi connectivity index (χ3v) is 3.31. The van der Waals surface area contributed by atoms with Crippen LogP contribution in [0, 0.1) is 0 Å². The maximum absolute atomic E-state index is 5.67. The van der Waals surface area contributed by atoms with E-state index in [0.29, 0.717) is 24.7 Å². The summed E-state index contributed by atoms with van der Waals surface area (Å²) in [7, 11) is 1.62. The van der Waals surface area contributed by atoms with Gasteiger partial charge in [-0.15, -0.1) is 10.2 Å². The molecule has 0 spiro atoms. The molecule has 7 heteroatoms. The Morgan fingerprint density at radius 1 is 0.920 bits per heavy atom. The van der Waals surface area contributed by atoms with Crippen LogP contribution in [0.3, 0.4) is 0 Å². The number of rotatable bonds is 8. The van der Waals surface area contributed by atoms with E-state index in [9.17, 15) is 0 Å². The van der Waals surface area contributed by atoms with Crippen LogP contribution in [0.1, 0.15) is 5.56 Å². The predicted octanol–water partition coefficient (Wildman–Crippen LogP) is 2.63. The van der Waals surface area contributed by atoms with E-state index in [1.807, 2.05) is 48.5 Å². The van der Waals surface area contributed by atoms with Crippen LogP contribution in [0.25, 0.3) is 0 Å². The summed E-state index contributed by atoms with van der Waals surface area (Å²) >= 11 is 0. The largest absolute Gasteiger partial charge is 0.493 e. The average Bonchev–Trinajstić information content (AvgIpc) is 3.18. The highest BCUT2D eigenvalue weighted by Gasteiger charge is 2.02. The fourth-order valence-electron chi connectivity index (χ4n) is 2.09. The lowest BCUT2D eigenvalue weighted by Crippen LogP contribution is -2.09. The van der Waals surface area contributed by atoms with Crippen LogP contribution >= 0.6 is 0 Å². The molecule has 0 bridgehead atoms. The van der Waals surface area contributed by atoms with Gasteiger partial charge in [-0.2, -0.15) is 5.10 Å². The highest BCUT2D eigenvalue weighted by molar-refractivity contribution is 5.79. The Morgan fingerprint density at radius 2 is 1.60 bits per heavy atom. The fraction of sp³-hybridized carbons (Fsp3) is 0.167. The van der Waals surface area contributed by atoms with Crippen LogP contribution in [-0.4, -0.2) is 41.4 Å². The molecule has 0 saturated carbocycles. The van der Waals surface area contributed by atoms with Gasteiger partial charge in [0, 0.05) is 0 Å². The fourth-order valence-corrected chi connectivity index (χ4v) is 2.09. The van der Waals surface area contributed by atoms with E-state index < -0.39 is 0 Å². The smallest absolute Gasteiger partial charge is 0.161 e. The molecule has 3 rings (SSSR count). The van der Waals surface area contributed by atoms with Gasteiger partial charge in [0.15, 0.2) is 11.5 Å². The molecule has 1 aromatic heterocycles. The SMILES string of the molecule is COc1ccccc1OCCOc1ccc(/C=N/n2cnnc2)cc1. The average molecular weight is 338 g/mol. The summed E-state index contributed by atoms with van der Waals surface area (Å²) in [6, 6.07) is 15.1. The second-order valence-electron chi connectivity index (χ2n) is 5.00. The van der Waals surface area contributed by atoms with Crippen LogP contribution in [0.15, 0.2) is 66.3 Å². The first-order valence-corrected chi connectivity index (χ1v) is 7.73. The van der Waals surface area contributed by atoms with Crippen molar-refractivity contribution in [2.75, 3.05) is 20.3 Å². The number of nitrogens with zero attached hydrogens (tertiary/aromatic N) is 4. The van der Waals surface area contributed by atoms with Crippen molar-refractivity contribution in [1.29, 1.82) is 0 Å². The van der Waals surface area contributed by atoms with Crippen LogP contribution in [-0.2, 0) is 0 Å². The highest BCUT2D eigenvalue weighted by Crippen LogP contribution is 2.25. The van der Waals surface area contributed by atoms with Crippen molar-refractivity contribution in [1.82, 2.24) is 14.9 Å². The Morgan fingerprint density at radius 3 is 2.32 bits per heavy atom. The molecule has 0 unspecified atom stereocenters. The summed E-state index contributed by atoms with van der Waals surface area (Å²) in [4.78, 5) is 0. The third-order valence-electron chi connectivity index (χ3n) is 3.31. The first kappa shape index (κ1) is 16.5. The summed E-state index contributed by atoms with van der Waals surface area (Å²) < 4.78 is 18.1. The Kier molecular flexibility index (Phi) is 5.60. The molecule has 2 aromatic carbocycles. The first-order valence-electron chi connectivity index (χ1n) is 7.73. The van der Waals surface area contributed by atoms with Crippen LogP contribution in [0.2, 0.25) is 0 Å². The summed E-state index contributed by atoms with van der Waals surface area (Å²) in [6.07, 6.45) is 4.77. The second-order valence-corrected chi connectivity index (χ2v) is 5.00. The van der Waals surface area contributed by atoms with Gasteiger partial charge in [-0.05, 0) is 42.0 Å². The molecular weight excluding hydrogens is 320 g/mol. The molecule has 128 valence electrons. The number of aromatic nitrogens is 3. The predicted molar refractivity (Wildman–Crippen MR) is 93.4 cm³/mol. The Hall–Kier alpha value is -3.35. The lowest BCUT2D eigenvalue weighted by molar-refractivity contribution is 0.211. The van der Waals surface area contributed by atoms with E-state index in [-0.39, 0.29) is 0 Å². The van der Waals surface area contributed by atoms with Crippen molar-refractivity contribution in [3.63, 3.8) is 0 Å². The van der Waals surface area contributed by atoms with E-state index in [0.717, 1.165) is 11.3 Å². The van der Waals surface area contributed by atoms with Gasteiger partial charge in [0.05, 0.1) is 13.3 Å². The number of hydrogen-bond donors (Lipinski definition) is 0. The molecule has 0 N–H and O–H groups in total. The minimum atomic E-state index is 0.428. The zero-order valence-electron chi connectivity index (χ0n) is 13.8. The van der Waals surface area contributed by atoms with Gasteiger partial charge in [-0.1, -0.05) is 12.1 Å². The molecule has 0 radical (unpaired) electrons. The van der Waals surface area contributed by atoms with Crippen molar-refractivity contribution in [2.24, 2.45) is 5.10 Å². The number of methoxy groups -OCH3 is 1. The first-order chi connectivity index (χ1) is 12.3. The van der Waals surface area contributed by atoms with Gasteiger partial charge in [0.25, 0.3) is 0 Å². The molecule has 1 heterocycles. The van der Waals surface area contributed by atoms with E-state index in [4.69, 9.17) is 14.2 Å². The van der Waals surface area contributed by atoms with Gasteiger partial charge >= 0.3 is 0 Å².